The van der Waals surface area contributed by atoms with Crippen molar-refractivity contribution < 1.29 is 4.79 Å². The van der Waals surface area contributed by atoms with Crippen molar-refractivity contribution in [2.45, 2.75) is 19.8 Å². The second kappa shape index (κ2) is 7.24. The highest BCUT2D eigenvalue weighted by atomic mass is 16.2. The average molecular weight is 266 g/mol. The third-order valence-corrected chi connectivity index (χ3v) is 2.95. The van der Waals surface area contributed by atoms with E-state index in [2.05, 4.69) is 17.5 Å². The summed E-state index contributed by atoms with van der Waals surface area (Å²) in [4.78, 5) is 12.1. The lowest BCUT2D eigenvalue weighted by molar-refractivity contribution is 0.0957. The highest BCUT2D eigenvalue weighted by molar-refractivity contribution is 6.07. The molecule has 2 rings (SSSR count). The number of carbonyl (C=O) groups is 1. The zero-order valence-electron chi connectivity index (χ0n) is 11.5. The Kier molecular flexibility index (Phi) is 5.07. The van der Waals surface area contributed by atoms with Crippen LogP contribution in [0.15, 0.2) is 59.7 Å². The van der Waals surface area contributed by atoms with E-state index in [-0.39, 0.29) is 5.91 Å². The molecule has 1 N–H and O–H groups in total. The van der Waals surface area contributed by atoms with Gasteiger partial charge in [-0.05, 0) is 29.3 Å². The molecule has 0 aliphatic carbocycles. The lowest BCUT2D eigenvalue weighted by Gasteiger charge is -2.04. The van der Waals surface area contributed by atoms with E-state index in [1.165, 1.54) is 0 Å². The van der Waals surface area contributed by atoms with Crippen molar-refractivity contribution in [3.8, 4) is 0 Å². The van der Waals surface area contributed by atoms with Gasteiger partial charge in [0, 0.05) is 11.8 Å². The van der Waals surface area contributed by atoms with Crippen molar-refractivity contribution in [3.05, 3.63) is 60.2 Å². The third kappa shape index (κ3) is 3.54. The summed E-state index contributed by atoms with van der Waals surface area (Å²) >= 11 is 0. The molecule has 0 aromatic heterocycles. The summed E-state index contributed by atoms with van der Waals surface area (Å²) in [6.07, 6.45) is 7.58. The van der Waals surface area contributed by atoms with Crippen molar-refractivity contribution >= 4 is 22.9 Å². The van der Waals surface area contributed by atoms with Gasteiger partial charge in [0.15, 0.2) is 0 Å². The van der Waals surface area contributed by atoms with E-state index in [1.54, 1.807) is 12.3 Å². The van der Waals surface area contributed by atoms with Crippen molar-refractivity contribution in [2.24, 2.45) is 5.10 Å². The molecule has 1 amide bonds. The van der Waals surface area contributed by atoms with Crippen molar-refractivity contribution in [1.29, 1.82) is 0 Å². The zero-order chi connectivity index (χ0) is 14.2. The number of nitrogens with zero attached hydrogens (tertiary/aromatic N) is 1. The second-order valence-corrected chi connectivity index (χ2v) is 4.46. The van der Waals surface area contributed by atoms with Crippen molar-refractivity contribution in [2.75, 3.05) is 0 Å². The van der Waals surface area contributed by atoms with Crippen LogP contribution in [0.1, 0.15) is 30.1 Å². The van der Waals surface area contributed by atoms with Crippen LogP contribution in [-0.4, -0.2) is 12.1 Å². The summed E-state index contributed by atoms with van der Waals surface area (Å²) in [5, 5.41) is 5.90. The molecule has 0 aliphatic heterocycles. The summed E-state index contributed by atoms with van der Waals surface area (Å²) in [7, 11) is 0. The van der Waals surface area contributed by atoms with Gasteiger partial charge in [0.05, 0.1) is 0 Å². The number of rotatable bonds is 5. The topological polar surface area (TPSA) is 41.5 Å². The molecule has 0 spiro atoms. The summed E-state index contributed by atoms with van der Waals surface area (Å²) in [5.74, 6) is -0.193. The van der Waals surface area contributed by atoms with Crippen LogP contribution in [0.25, 0.3) is 10.8 Å². The molecule has 0 radical (unpaired) electrons. The molecule has 0 heterocycles. The van der Waals surface area contributed by atoms with Gasteiger partial charge in [0.2, 0.25) is 0 Å². The summed E-state index contributed by atoms with van der Waals surface area (Å²) < 4.78 is 0. The monoisotopic (exact) mass is 266 g/mol. The molecule has 0 saturated heterocycles. The molecular formula is C17H18N2O. The van der Waals surface area contributed by atoms with Gasteiger partial charge in [-0.25, -0.2) is 5.43 Å². The van der Waals surface area contributed by atoms with Gasteiger partial charge in [-0.3, -0.25) is 4.79 Å². The minimum absolute atomic E-state index is 0.193. The Labute approximate surface area is 119 Å². The highest BCUT2D eigenvalue weighted by Crippen LogP contribution is 2.18. The van der Waals surface area contributed by atoms with Crippen LogP contribution < -0.4 is 5.43 Å². The maximum Gasteiger partial charge on any atom is 0.271 e. The number of carbonyl (C=O) groups excluding carboxylic acids is 1. The molecular weight excluding hydrogens is 248 g/mol. The summed E-state index contributed by atoms with van der Waals surface area (Å²) in [5.41, 5.74) is 3.18. The standard InChI is InChI=1S/C17H18N2O/c1-2-3-4-7-13-18-19-17(20)16-12-8-10-14-9-5-6-11-15(14)16/h4-13H,2-3H2,1H3,(H,19,20)/b7-4+,18-13-. The predicted molar refractivity (Wildman–Crippen MR) is 84.0 cm³/mol. The van der Waals surface area contributed by atoms with E-state index in [0.29, 0.717) is 5.56 Å². The fourth-order valence-electron chi connectivity index (χ4n) is 1.95. The number of nitrogens with one attached hydrogen (secondary N) is 1. The molecule has 2 aromatic carbocycles. The molecule has 0 unspecified atom stereocenters. The third-order valence-electron chi connectivity index (χ3n) is 2.95. The second-order valence-electron chi connectivity index (χ2n) is 4.46. The number of benzene rings is 2. The average Bonchev–Trinajstić information content (AvgIpc) is 2.50. The smallest absolute Gasteiger partial charge is 0.267 e. The number of amides is 1. The number of hydrazone groups is 1. The zero-order valence-corrected chi connectivity index (χ0v) is 11.5. The molecule has 0 fully saturated rings. The molecule has 2 aromatic rings. The highest BCUT2D eigenvalue weighted by Gasteiger charge is 2.07. The Balaban J connectivity index is 2.08. The number of allylic oxidation sites excluding steroid dienone is 2. The molecule has 0 atom stereocenters. The Morgan fingerprint density at radius 2 is 2.00 bits per heavy atom. The summed E-state index contributed by atoms with van der Waals surface area (Å²) in [6.45, 7) is 2.11. The fraction of sp³-hybridized carbons (Fsp3) is 0.176. The minimum atomic E-state index is -0.193. The Hall–Kier alpha value is -2.42. The maximum absolute atomic E-state index is 12.1. The lowest BCUT2D eigenvalue weighted by atomic mass is 10.0. The SMILES string of the molecule is CCC/C=C/C=N\NC(=O)c1cccc2ccccc12. The number of fused-ring (bicyclic) bond motifs is 1. The minimum Gasteiger partial charge on any atom is -0.267 e. The first-order valence-corrected chi connectivity index (χ1v) is 6.79. The van der Waals surface area contributed by atoms with Crippen LogP contribution in [0, 0.1) is 0 Å². The Morgan fingerprint density at radius 3 is 2.85 bits per heavy atom. The van der Waals surface area contributed by atoms with Gasteiger partial charge >= 0.3 is 0 Å². The molecule has 3 heteroatoms. The molecule has 0 aliphatic rings. The van der Waals surface area contributed by atoms with Crippen LogP contribution in [0.3, 0.4) is 0 Å². The first-order chi connectivity index (χ1) is 9.83. The molecule has 0 saturated carbocycles. The van der Waals surface area contributed by atoms with E-state index in [1.807, 2.05) is 48.6 Å². The van der Waals surface area contributed by atoms with Crippen LogP contribution in [0.4, 0.5) is 0 Å². The van der Waals surface area contributed by atoms with E-state index >= 15 is 0 Å². The predicted octanol–water partition coefficient (Wildman–Crippen LogP) is 3.91. The van der Waals surface area contributed by atoms with E-state index in [9.17, 15) is 4.79 Å². The maximum atomic E-state index is 12.1. The van der Waals surface area contributed by atoms with E-state index in [4.69, 9.17) is 0 Å². The summed E-state index contributed by atoms with van der Waals surface area (Å²) in [6, 6.07) is 13.5. The quantitative estimate of drug-likeness (QED) is 0.647. The Morgan fingerprint density at radius 1 is 1.20 bits per heavy atom. The molecule has 0 bridgehead atoms. The van der Waals surface area contributed by atoms with Gasteiger partial charge < -0.3 is 0 Å². The normalized spacial score (nSPS) is 11.4. The first kappa shape index (κ1) is 14.0. The molecule has 102 valence electrons. The van der Waals surface area contributed by atoms with Gasteiger partial charge in [0.1, 0.15) is 0 Å². The number of hydrogen-bond donors (Lipinski definition) is 1. The number of hydrogen-bond acceptors (Lipinski definition) is 2. The van der Waals surface area contributed by atoms with E-state index in [0.717, 1.165) is 23.6 Å². The van der Waals surface area contributed by atoms with E-state index < -0.39 is 0 Å². The van der Waals surface area contributed by atoms with Crippen LogP contribution in [0.5, 0.6) is 0 Å². The first-order valence-electron chi connectivity index (χ1n) is 6.79. The van der Waals surface area contributed by atoms with Crippen LogP contribution in [-0.2, 0) is 0 Å². The number of unbranched alkanes of at least 4 members (excludes halogenated alkanes) is 1. The van der Waals surface area contributed by atoms with Gasteiger partial charge in [-0.15, -0.1) is 0 Å². The van der Waals surface area contributed by atoms with Gasteiger partial charge in [-0.2, -0.15) is 5.10 Å². The molecule has 20 heavy (non-hydrogen) atoms. The largest absolute Gasteiger partial charge is 0.271 e. The van der Waals surface area contributed by atoms with Crippen LogP contribution in [0.2, 0.25) is 0 Å². The fourth-order valence-corrected chi connectivity index (χ4v) is 1.95. The van der Waals surface area contributed by atoms with Gasteiger partial charge in [0.25, 0.3) is 5.91 Å². The van der Waals surface area contributed by atoms with Gasteiger partial charge in [-0.1, -0.05) is 55.8 Å². The Bertz CT molecular complexity index is 639. The van der Waals surface area contributed by atoms with Crippen molar-refractivity contribution in [3.63, 3.8) is 0 Å². The van der Waals surface area contributed by atoms with Crippen molar-refractivity contribution in [1.82, 2.24) is 5.43 Å². The lowest BCUT2D eigenvalue weighted by Crippen LogP contribution is -2.17. The van der Waals surface area contributed by atoms with Crippen LogP contribution >= 0.6 is 0 Å². The molecule has 3 nitrogen and oxygen atoms in total.